The predicted octanol–water partition coefficient (Wildman–Crippen LogP) is 2.93. The Morgan fingerprint density at radius 1 is 0.824 bits per heavy atom. The van der Waals surface area contributed by atoms with Crippen molar-refractivity contribution in [1.29, 1.82) is 0 Å². The maximum absolute atomic E-state index is 13.8. The second kappa shape index (κ2) is 10.8. The third-order valence-corrected chi connectivity index (χ3v) is 7.35. The van der Waals surface area contributed by atoms with Crippen LogP contribution < -0.4 is 11.1 Å². The molecule has 3 aliphatic rings. The van der Waals surface area contributed by atoms with Crippen molar-refractivity contribution in [1.82, 2.24) is 15.1 Å². The van der Waals surface area contributed by atoms with E-state index in [2.05, 4.69) is 5.32 Å². The van der Waals surface area contributed by atoms with Crippen LogP contribution in [0.25, 0.3) is 0 Å². The lowest BCUT2D eigenvalue weighted by Crippen LogP contribution is -2.65. The molecule has 186 valence electrons. The van der Waals surface area contributed by atoms with Gasteiger partial charge < -0.3 is 20.9 Å². The highest BCUT2D eigenvalue weighted by atomic mass is 19.1. The van der Waals surface area contributed by atoms with Gasteiger partial charge in [-0.25, -0.2) is 8.78 Å². The number of benzene rings is 1. The second-order valence-corrected chi connectivity index (χ2v) is 9.87. The molecule has 2 saturated carbocycles. The molecule has 1 aromatic carbocycles. The van der Waals surface area contributed by atoms with Crippen LogP contribution in [-0.2, 0) is 9.59 Å². The number of nitrogens with one attached hydrogen (secondary N) is 1. The van der Waals surface area contributed by atoms with Gasteiger partial charge in [-0.05, 0) is 57.1 Å². The summed E-state index contributed by atoms with van der Waals surface area (Å²) in [6, 6.07) is 2.66. The molecule has 1 heterocycles. The van der Waals surface area contributed by atoms with Gasteiger partial charge in [0.05, 0.1) is 0 Å². The van der Waals surface area contributed by atoms with E-state index in [9.17, 15) is 23.2 Å². The number of nitrogens with two attached hydrogens (primary N) is 1. The van der Waals surface area contributed by atoms with Crippen molar-refractivity contribution in [2.24, 2.45) is 11.7 Å². The molecule has 0 radical (unpaired) electrons. The van der Waals surface area contributed by atoms with Crippen LogP contribution >= 0.6 is 0 Å². The van der Waals surface area contributed by atoms with Crippen molar-refractivity contribution < 1.29 is 23.2 Å². The van der Waals surface area contributed by atoms with Crippen molar-refractivity contribution in [2.75, 3.05) is 13.1 Å². The summed E-state index contributed by atoms with van der Waals surface area (Å²) in [7, 11) is 0. The van der Waals surface area contributed by atoms with Crippen LogP contribution in [0.1, 0.15) is 74.6 Å². The number of carbonyl (C=O) groups is 3. The molecule has 34 heavy (non-hydrogen) atoms. The molecule has 1 unspecified atom stereocenters. The fourth-order valence-corrected chi connectivity index (χ4v) is 5.52. The van der Waals surface area contributed by atoms with Crippen molar-refractivity contribution in [3.63, 3.8) is 0 Å². The van der Waals surface area contributed by atoms with Gasteiger partial charge in [0.15, 0.2) is 6.17 Å². The van der Waals surface area contributed by atoms with Gasteiger partial charge in [-0.15, -0.1) is 0 Å². The molecule has 0 bridgehead atoms. The molecule has 2 aliphatic carbocycles. The van der Waals surface area contributed by atoms with E-state index in [0.29, 0.717) is 19.0 Å². The standard InChI is InChI=1S/C25H34F2N4O3/c26-18-13-17(14-19(27)15-18)25(34)31-12-4-11-30(24(33)16-5-2-1-3-6-16)23(31)22(32)29-21-9-7-20(28)8-10-21/h13-16,20-21,23H,1-12,28H2,(H,29,32). The zero-order chi connectivity index (χ0) is 24.2. The van der Waals surface area contributed by atoms with Gasteiger partial charge in [-0.1, -0.05) is 19.3 Å². The summed E-state index contributed by atoms with van der Waals surface area (Å²) in [4.78, 5) is 43.2. The highest BCUT2D eigenvalue weighted by molar-refractivity contribution is 5.99. The first-order valence-corrected chi connectivity index (χ1v) is 12.5. The van der Waals surface area contributed by atoms with Gasteiger partial charge in [-0.3, -0.25) is 14.4 Å². The molecular formula is C25H34F2N4O3. The minimum Gasteiger partial charge on any atom is -0.350 e. The first kappa shape index (κ1) is 24.6. The van der Waals surface area contributed by atoms with Gasteiger partial charge in [0, 0.05) is 42.7 Å². The van der Waals surface area contributed by atoms with E-state index in [0.717, 1.165) is 69.9 Å². The van der Waals surface area contributed by atoms with E-state index >= 15 is 0 Å². The van der Waals surface area contributed by atoms with Crippen molar-refractivity contribution in [3.8, 4) is 0 Å². The Morgan fingerprint density at radius 2 is 1.44 bits per heavy atom. The summed E-state index contributed by atoms with van der Waals surface area (Å²) in [6.07, 6.45) is 6.98. The van der Waals surface area contributed by atoms with E-state index < -0.39 is 29.6 Å². The summed E-state index contributed by atoms with van der Waals surface area (Å²) >= 11 is 0. The summed E-state index contributed by atoms with van der Waals surface area (Å²) in [5.41, 5.74) is 5.81. The van der Waals surface area contributed by atoms with E-state index in [4.69, 9.17) is 5.73 Å². The normalized spacial score (nSPS) is 26.3. The van der Waals surface area contributed by atoms with Gasteiger partial charge in [0.1, 0.15) is 11.6 Å². The molecule has 3 N–H and O–H groups in total. The Labute approximate surface area is 199 Å². The lowest BCUT2D eigenvalue weighted by Gasteiger charge is -2.44. The van der Waals surface area contributed by atoms with E-state index in [1.54, 1.807) is 0 Å². The smallest absolute Gasteiger partial charge is 0.264 e. The van der Waals surface area contributed by atoms with Gasteiger partial charge in [0.2, 0.25) is 5.91 Å². The summed E-state index contributed by atoms with van der Waals surface area (Å²) in [6.45, 7) is 0.587. The Hall–Kier alpha value is -2.55. The minimum absolute atomic E-state index is 0.0792. The number of hydrogen-bond acceptors (Lipinski definition) is 4. The second-order valence-electron chi connectivity index (χ2n) is 9.87. The van der Waals surface area contributed by atoms with Crippen LogP contribution in [0.4, 0.5) is 8.78 Å². The maximum atomic E-state index is 13.8. The van der Waals surface area contributed by atoms with Crippen LogP contribution in [0, 0.1) is 17.6 Å². The third-order valence-electron chi connectivity index (χ3n) is 7.35. The topological polar surface area (TPSA) is 95.7 Å². The quantitative estimate of drug-likeness (QED) is 0.699. The van der Waals surface area contributed by atoms with Crippen LogP contribution in [0.5, 0.6) is 0 Å². The third kappa shape index (κ3) is 5.56. The summed E-state index contributed by atoms with van der Waals surface area (Å²) in [5.74, 6) is -3.10. The zero-order valence-corrected chi connectivity index (χ0v) is 19.5. The Bertz CT molecular complexity index is 893. The Morgan fingerprint density at radius 3 is 2.09 bits per heavy atom. The summed E-state index contributed by atoms with van der Waals surface area (Å²) in [5, 5.41) is 3.03. The Balaban J connectivity index is 1.60. The lowest BCUT2D eigenvalue weighted by atomic mass is 9.87. The fourth-order valence-electron chi connectivity index (χ4n) is 5.52. The van der Waals surface area contributed by atoms with E-state index in [1.807, 2.05) is 0 Å². The summed E-state index contributed by atoms with van der Waals surface area (Å²) < 4.78 is 27.7. The molecule has 4 rings (SSSR count). The van der Waals surface area contributed by atoms with Gasteiger partial charge in [0.25, 0.3) is 11.8 Å². The van der Waals surface area contributed by atoms with Crippen LogP contribution in [0.3, 0.4) is 0 Å². The SMILES string of the molecule is NC1CCC(NC(=O)C2N(C(=O)c3cc(F)cc(F)c3)CCCN2C(=O)C2CCCCC2)CC1. The first-order valence-electron chi connectivity index (χ1n) is 12.5. The number of nitrogens with zero attached hydrogens (tertiary/aromatic N) is 2. The van der Waals surface area contributed by atoms with Crippen molar-refractivity contribution in [2.45, 2.75) is 82.5 Å². The number of rotatable bonds is 4. The highest BCUT2D eigenvalue weighted by Crippen LogP contribution is 2.29. The average Bonchev–Trinajstić information content (AvgIpc) is 2.84. The van der Waals surface area contributed by atoms with Crippen LogP contribution in [0.15, 0.2) is 18.2 Å². The molecule has 1 saturated heterocycles. The molecule has 1 aromatic rings. The monoisotopic (exact) mass is 476 g/mol. The van der Waals surface area contributed by atoms with E-state index in [1.165, 1.54) is 9.80 Å². The predicted molar refractivity (Wildman–Crippen MR) is 122 cm³/mol. The number of carbonyl (C=O) groups excluding carboxylic acids is 3. The van der Waals surface area contributed by atoms with E-state index in [-0.39, 0.29) is 36.0 Å². The highest BCUT2D eigenvalue weighted by Gasteiger charge is 2.43. The first-order chi connectivity index (χ1) is 16.3. The Kier molecular flexibility index (Phi) is 7.80. The minimum atomic E-state index is -1.14. The molecular weight excluding hydrogens is 442 g/mol. The van der Waals surface area contributed by atoms with Gasteiger partial charge in [-0.2, -0.15) is 0 Å². The van der Waals surface area contributed by atoms with Crippen molar-refractivity contribution in [3.05, 3.63) is 35.4 Å². The number of halogens is 2. The maximum Gasteiger partial charge on any atom is 0.264 e. The molecule has 3 fully saturated rings. The largest absolute Gasteiger partial charge is 0.350 e. The molecule has 3 amide bonds. The molecule has 1 aliphatic heterocycles. The van der Waals surface area contributed by atoms with Gasteiger partial charge >= 0.3 is 0 Å². The molecule has 0 aromatic heterocycles. The number of amides is 3. The average molecular weight is 477 g/mol. The molecule has 1 atom stereocenters. The fraction of sp³-hybridized carbons (Fsp3) is 0.640. The lowest BCUT2D eigenvalue weighted by molar-refractivity contribution is -0.153. The molecule has 7 nitrogen and oxygen atoms in total. The molecule has 0 spiro atoms. The van der Waals surface area contributed by atoms with Crippen LogP contribution in [0.2, 0.25) is 0 Å². The zero-order valence-electron chi connectivity index (χ0n) is 19.5. The number of hydrogen-bond donors (Lipinski definition) is 2. The van der Waals surface area contributed by atoms with Crippen LogP contribution in [-0.4, -0.2) is 58.9 Å². The molecule has 9 heteroatoms. The van der Waals surface area contributed by atoms with Crippen molar-refractivity contribution >= 4 is 17.7 Å².